The molecular formula is C27H28N8O4S. The molecule has 0 saturated carbocycles. The van der Waals surface area contributed by atoms with Crippen molar-refractivity contribution in [1.82, 2.24) is 30.2 Å². The molecule has 40 heavy (non-hydrogen) atoms. The molecule has 0 atom stereocenters. The van der Waals surface area contributed by atoms with Gasteiger partial charge in [0.1, 0.15) is 16.4 Å². The van der Waals surface area contributed by atoms with E-state index in [1.165, 1.54) is 15.4 Å². The van der Waals surface area contributed by atoms with Gasteiger partial charge in [-0.25, -0.2) is 9.67 Å². The van der Waals surface area contributed by atoms with Crippen molar-refractivity contribution in [1.29, 1.82) is 0 Å². The second-order valence-corrected chi connectivity index (χ2v) is 11.0. The normalized spacial score (nSPS) is 15.3. The summed E-state index contributed by atoms with van der Waals surface area (Å²) in [6.07, 6.45) is 1.42. The number of nitro groups is 1. The van der Waals surface area contributed by atoms with E-state index < -0.39 is 16.5 Å². The van der Waals surface area contributed by atoms with Gasteiger partial charge >= 0.3 is 0 Å². The highest BCUT2D eigenvalue weighted by molar-refractivity contribution is 7.18. The molecule has 6 rings (SSSR count). The van der Waals surface area contributed by atoms with Crippen LogP contribution in [0.25, 0.3) is 10.2 Å². The minimum absolute atomic E-state index is 0.0224. The van der Waals surface area contributed by atoms with Gasteiger partial charge in [0.15, 0.2) is 5.69 Å². The van der Waals surface area contributed by atoms with Crippen molar-refractivity contribution in [2.24, 2.45) is 0 Å². The van der Waals surface area contributed by atoms with Crippen molar-refractivity contribution in [3.05, 3.63) is 73.5 Å². The SMILES string of the molecule is CCNc1cc2c(cc1[N+](=O)[O-])C(=O)c1nnn(CCCc3ccc4sc(CN5CCNCC5)nc4c3)c1C2=O. The van der Waals surface area contributed by atoms with Crippen LogP contribution in [0.2, 0.25) is 0 Å². The first-order valence-corrected chi connectivity index (χ1v) is 14.1. The number of nitrogens with zero attached hydrogens (tertiary/aromatic N) is 6. The molecule has 1 aliphatic heterocycles. The number of hydrogen-bond donors (Lipinski definition) is 2. The van der Waals surface area contributed by atoms with Crippen LogP contribution in [0.1, 0.15) is 56.0 Å². The van der Waals surface area contributed by atoms with Crippen molar-refractivity contribution in [3.63, 3.8) is 0 Å². The maximum absolute atomic E-state index is 13.4. The largest absolute Gasteiger partial charge is 0.380 e. The van der Waals surface area contributed by atoms with E-state index in [4.69, 9.17) is 4.98 Å². The minimum atomic E-state index is -0.571. The fourth-order valence-corrected chi connectivity index (χ4v) is 6.28. The Morgan fingerprint density at radius 3 is 2.70 bits per heavy atom. The number of nitro benzene ring substituents is 1. The number of aromatic nitrogens is 4. The number of hydrogen-bond acceptors (Lipinski definition) is 11. The predicted molar refractivity (Wildman–Crippen MR) is 150 cm³/mol. The van der Waals surface area contributed by atoms with Gasteiger partial charge in [-0.1, -0.05) is 11.3 Å². The highest BCUT2D eigenvalue weighted by Crippen LogP contribution is 2.34. The highest BCUT2D eigenvalue weighted by Gasteiger charge is 2.37. The predicted octanol–water partition coefficient (Wildman–Crippen LogP) is 3.04. The van der Waals surface area contributed by atoms with Gasteiger partial charge in [-0.15, -0.1) is 16.4 Å². The summed E-state index contributed by atoms with van der Waals surface area (Å²) >= 11 is 1.73. The number of carbonyl (C=O) groups excluding carboxylic acids is 2. The number of ketones is 2. The summed E-state index contributed by atoms with van der Waals surface area (Å²) in [4.78, 5) is 44.8. The van der Waals surface area contributed by atoms with Crippen LogP contribution < -0.4 is 10.6 Å². The first-order valence-electron chi connectivity index (χ1n) is 13.3. The summed E-state index contributed by atoms with van der Waals surface area (Å²) in [6.45, 7) is 7.57. The molecule has 0 radical (unpaired) electrons. The summed E-state index contributed by atoms with van der Waals surface area (Å²) in [6, 6.07) is 8.87. The van der Waals surface area contributed by atoms with Crippen molar-refractivity contribution in [2.75, 3.05) is 38.0 Å². The Labute approximate surface area is 233 Å². The third kappa shape index (κ3) is 4.87. The molecule has 3 heterocycles. The molecule has 0 unspecified atom stereocenters. The first kappa shape index (κ1) is 26.2. The van der Waals surface area contributed by atoms with Gasteiger partial charge in [-0.3, -0.25) is 24.6 Å². The lowest BCUT2D eigenvalue weighted by Gasteiger charge is -2.25. The van der Waals surface area contributed by atoms with Gasteiger partial charge < -0.3 is 10.6 Å². The average molecular weight is 561 g/mol. The van der Waals surface area contributed by atoms with Crippen LogP contribution in [0.15, 0.2) is 30.3 Å². The van der Waals surface area contributed by atoms with Crippen LogP contribution in [0.5, 0.6) is 0 Å². The summed E-state index contributed by atoms with van der Waals surface area (Å²) in [7, 11) is 0. The number of nitrogens with one attached hydrogen (secondary N) is 2. The molecular weight excluding hydrogens is 532 g/mol. The molecule has 1 aliphatic carbocycles. The van der Waals surface area contributed by atoms with Gasteiger partial charge in [-0.05, 0) is 43.5 Å². The summed E-state index contributed by atoms with van der Waals surface area (Å²) in [5, 5.41) is 27.0. The second-order valence-electron chi connectivity index (χ2n) is 9.91. The summed E-state index contributed by atoms with van der Waals surface area (Å²) < 4.78 is 2.64. The van der Waals surface area contributed by atoms with Gasteiger partial charge in [0.2, 0.25) is 11.6 Å². The van der Waals surface area contributed by atoms with E-state index in [9.17, 15) is 19.7 Å². The number of piperazine rings is 1. The van der Waals surface area contributed by atoms with Crippen LogP contribution in [0.4, 0.5) is 11.4 Å². The maximum Gasteiger partial charge on any atom is 0.293 e. The molecule has 2 aromatic heterocycles. The van der Waals surface area contributed by atoms with E-state index in [0.29, 0.717) is 19.5 Å². The number of fused-ring (bicyclic) bond motifs is 3. The highest BCUT2D eigenvalue weighted by atomic mass is 32.1. The molecule has 13 heteroatoms. The number of rotatable bonds is 9. The lowest BCUT2D eigenvalue weighted by Crippen LogP contribution is -2.42. The van der Waals surface area contributed by atoms with Crippen LogP contribution in [0.3, 0.4) is 0 Å². The smallest absolute Gasteiger partial charge is 0.293 e. The van der Waals surface area contributed by atoms with E-state index in [1.54, 1.807) is 18.3 Å². The number of thiazole rings is 1. The van der Waals surface area contributed by atoms with E-state index in [2.05, 4.69) is 44.0 Å². The monoisotopic (exact) mass is 560 g/mol. The maximum atomic E-state index is 13.4. The Kier molecular flexibility index (Phi) is 7.09. The van der Waals surface area contributed by atoms with Crippen LogP contribution in [0, 0.1) is 10.1 Å². The fraction of sp³-hybridized carbons (Fsp3) is 0.370. The molecule has 0 amide bonds. The van der Waals surface area contributed by atoms with Gasteiger partial charge in [-0.2, -0.15) is 0 Å². The topological polar surface area (TPSA) is 148 Å². The summed E-state index contributed by atoms with van der Waals surface area (Å²) in [5.74, 6) is -0.947. The summed E-state index contributed by atoms with van der Waals surface area (Å²) in [5.41, 5.74) is 2.22. The Bertz CT molecular complexity index is 1640. The Hall–Kier alpha value is -4.07. The number of carbonyl (C=O) groups is 2. The Balaban J connectivity index is 1.16. The van der Waals surface area contributed by atoms with Crippen LogP contribution >= 0.6 is 11.3 Å². The van der Waals surface area contributed by atoms with Gasteiger partial charge in [0.05, 0.1) is 21.7 Å². The second kappa shape index (κ2) is 10.8. The Morgan fingerprint density at radius 2 is 1.93 bits per heavy atom. The lowest BCUT2D eigenvalue weighted by atomic mass is 9.89. The Morgan fingerprint density at radius 1 is 1.12 bits per heavy atom. The van der Waals surface area contributed by atoms with Crippen molar-refractivity contribution < 1.29 is 14.5 Å². The number of aryl methyl sites for hydroxylation is 2. The first-order chi connectivity index (χ1) is 19.4. The standard InChI is InChI=1S/C27H28N8O4S/c1-2-29-19-13-17-18(14-21(19)35(38)39)26(36)24-25(27(17)37)34(32-31-24)9-3-4-16-5-6-22-20(12-16)30-23(40-22)15-33-10-7-28-8-11-33/h5-6,12-14,28-29H,2-4,7-11,15H2,1H3. The van der Waals surface area contributed by atoms with Gasteiger partial charge in [0.25, 0.3) is 5.69 Å². The quantitative estimate of drug-likeness (QED) is 0.204. The molecule has 1 saturated heterocycles. The van der Waals surface area contributed by atoms with Crippen molar-refractivity contribution in [2.45, 2.75) is 32.9 Å². The van der Waals surface area contributed by atoms with E-state index in [1.807, 2.05) is 0 Å². The van der Waals surface area contributed by atoms with Gasteiger partial charge in [0, 0.05) is 56.5 Å². The van der Waals surface area contributed by atoms with E-state index >= 15 is 0 Å². The van der Waals surface area contributed by atoms with E-state index in [0.717, 1.165) is 61.3 Å². The molecule has 2 aliphatic rings. The zero-order chi connectivity index (χ0) is 27.8. The minimum Gasteiger partial charge on any atom is -0.380 e. The zero-order valence-corrected chi connectivity index (χ0v) is 22.8. The molecule has 2 N–H and O–H groups in total. The molecule has 0 spiro atoms. The average Bonchev–Trinajstić information content (AvgIpc) is 3.56. The van der Waals surface area contributed by atoms with E-state index in [-0.39, 0.29) is 33.9 Å². The molecule has 2 aromatic carbocycles. The molecule has 206 valence electrons. The molecule has 12 nitrogen and oxygen atoms in total. The van der Waals surface area contributed by atoms with Crippen molar-refractivity contribution in [3.8, 4) is 0 Å². The molecule has 4 aromatic rings. The third-order valence-electron chi connectivity index (χ3n) is 7.25. The number of benzene rings is 2. The third-order valence-corrected chi connectivity index (χ3v) is 8.28. The lowest BCUT2D eigenvalue weighted by molar-refractivity contribution is -0.384. The van der Waals surface area contributed by atoms with Crippen LogP contribution in [-0.2, 0) is 19.5 Å². The number of anilines is 1. The van der Waals surface area contributed by atoms with Crippen LogP contribution in [-0.4, -0.2) is 74.1 Å². The zero-order valence-electron chi connectivity index (χ0n) is 22.0. The molecule has 1 fully saturated rings. The fourth-order valence-electron chi connectivity index (χ4n) is 5.29. The van der Waals surface area contributed by atoms with Crippen molar-refractivity contribution >= 4 is 44.5 Å². The molecule has 0 bridgehead atoms.